The molecule has 0 N–H and O–H groups in total. The molecule has 6 heteroatoms. The van der Waals surface area contributed by atoms with Crippen molar-refractivity contribution in [3.05, 3.63) is 33.6 Å². The minimum Gasteiger partial charge on any atom is -0.379 e. The Morgan fingerprint density at radius 1 is 1.28 bits per heavy atom. The standard InChI is InChI=1S/C12H13ClN2O3/c13-9-1-2-11-10(7-9)12(16)15(18-11)8-14-3-5-17-6-4-14/h1-2,7H,3-6,8H2. The first-order valence-corrected chi connectivity index (χ1v) is 6.21. The van der Waals surface area contributed by atoms with Gasteiger partial charge < -0.3 is 9.26 Å². The van der Waals surface area contributed by atoms with Gasteiger partial charge in [0.25, 0.3) is 5.56 Å². The second-order valence-electron chi connectivity index (χ2n) is 4.29. The number of nitrogens with zero attached hydrogens (tertiary/aromatic N) is 2. The zero-order valence-electron chi connectivity index (χ0n) is 9.76. The van der Waals surface area contributed by atoms with E-state index >= 15 is 0 Å². The zero-order chi connectivity index (χ0) is 12.5. The SMILES string of the molecule is O=c1c2cc(Cl)ccc2on1CN1CCOCC1. The second-order valence-corrected chi connectivity index (χ2v) is 4.72. The first-order valence-electron chi connectivity index (χ1n) is 5.83. The lowest BCUT2D eigenvalue weighted by molar-refractivity contribution is 0.00847. The van der Waals surface area contributed by atoms with E-state index in [0.29, 0.717) is 35.9 Å². The van der Waals surface area contributed by atoms with Gasteiger partial charge in [-0.05, 0) is 18.2 Å². The molecule has 0 atom stereocenters. The molecular formula is C12H13ClN2O3. The highest BCUT2D eigenvalue weighted by Gasteiger charge is 2.15. The quantitative estimate of drug-likeness (QED) is 0.829. The molecule has 96 valence electrons. The predicted octanol–water partition coefficient (Wildman–Crippen LogP) is 1.54. The van der Waals surface area contributed by atoms with Crippen LogP contribution in [0.4, 0.5) is 0 Å². The van der Waals surface area contributed by atoms with E-state index in [0.717, 1.165) is 13.1 Å². The molecule has 1 fully saturated rings. The lowest BCUT2D eigenvalue weighted by Crippen LogP contribution is -2.39. The number of rotatable bonds is 2. The van der Waals surface area contributed by atoms with Crippen molar-refractivity contribution in [1.29, 1.82) is 0 Å². The number of morpholine rings is 1. The Balaban J connectivity index is 1.92. The lowest BCUT2D eigenvalue weighted by Gasteiger charge is -2.25. The van der Waals surface area contributed by atoms with Crippen LogP contribution in [0.1, 0.15) is 0 Å². The molecule has 5 nitrogen and oxygen atoms in total. The highest BCUT2D eigenvalue weighted by atomic mass is 35.5. The Morgan fingerprint density at radius 2 is 2.06 bits per heavy atom. The molecule has 0 amide bonds. The fourth-order valence-corrected chi connectivity index (χ4v) is 2.23. The van der Waals surface area contributed by atoms with Gasteiger partial charge in [0.05, 0.1) is 18.6 Å². The Hall–Kier alpha value is -1.30. The Bertz CT molecular complexity index is 613. The van der Waals surface area contributed by atoms with Crippen LogP contribution in [0, 0.1) is 0 Å². The van der Waals surface area contributed by atoms with Crippen LogP contribution in [0.5, 0.6) is 0 Å². The van der Waals surface area contributed by atoms with E-state index in [-0.39, 0.29) is 5.56 Å². The maximum atomic E-state index is 12.1. The summed E-state index contributed by atoms with van der Waals surface area (Å²) in [5.74, 6) is 0. The number of halogens is 1. The Labute approximate surface area is 108 Å². The van der Waals surface area contributed by atoms with Crippen molar-refractivity contribution in [1.82, 2.24) is 9.64 Å². The number of hydrogen-bond acceptors (Lipinski definition) is 4. The summed E-state index contributed by atoms with van der Waals surface area (Å²) in [5.41, 5.74) is 0.427. The van der Waals surface area contributed by atoms with E-state index < -0.39 is 0 Å². The molecule has 2 heterocycles. The van der Waals surface area contributed by atoms with Crippen LogP contribution < -0.4 is 5.56 Å². The van der Waals surface area contributed by atoms with Crippen LogP contribution in [0.2, 0.25) is 5.02 Å². The van der Waals surface area contributed by atoms with Crippen LogP contribution in [-0.2, 0) is 11.4 Å². The van der Waals surface area contributed by atoms with Crippen molar-refractivity contribution in [2.75, 3.05) is 26.3 Å². The summed E-state index contributed by atoms with van der Waals surface area (Å²) in [6, 6.07) is 5.07. The average Bonchev–Trinajstić information content (AvgIpc) is 2.68. The van der Waals surface area contributed by atoms with Crippen molar-refractivity contribution in [3.8, 4) is 0 Å². The molecule has 1 aromatic heterocycles. The van der Waals surface area contributed by atoms with Gasteiger partial charge in [-0.3, -0.25) is 9.69 Å². The maximum Gasteiger partial charge on any atom is 0.291 e. The monoisotopic (exact) mass is 268 g/mol. The summed E-state index contributed by atoms with van der Waals surface area (Å²) in [6.45, 7) is 3.46. The number of ether oxygens (including phenoxy) is 1. The van der Waals surface area contributed by atoms with Crippen molar-refractivity contribution >= 4 is 22.6 Å². The molecule has 0 aliphatic carbocycles. The molecule has 1 saturated heterocycles. The van der Waals surface area contributed by atoms with E-state index in [1.807, 2.05) is 0 Å². The van der Waals surface area contributed by atoms with Gasteiger partial charge in [-0.15, -0.1) is 0 Å². The third-order valence-electron chi connectivity index (χ3n) is 3.04. The Kier molecular flexibility index (Phi) is 3.11. The van der Waals surface area contributed by atoms with Crippen LogP contribution in [0.3, 0.4) is 0 Å². The summed E-state index contributed by atoms with van der Waals surface area (Å²) in [6.07, 6.45) is 0. The van der Waals surface area contributed by atoms with Gasteiger partial charge in [0, 0.05) is 18.1 Å². The van der Waals surface area contributed by atoms with E-state index in [2.05, 4.69) is 4.90 Å². The highest BCUT2D eigenvalue weighted by molar-refractivity contribution is 6.31. The highest BCUT2D eigenvalue weighted by Crippen LogP contribution is 2.17. The molecule has 1 aromatic carbocycles. The van der Waals surface area contributed by atoms with Gasteiger partial charge in [0.2, 0.25) is 0 Å². The molecule has 0 radical (unpaired) electrons. The molecule has 2 aromatic rings. The average molecular weight is 269 g/mol. The topological polar surface area (TPSA) is 47.6 Å². The molecule has 1 aliphatic rings. The third kappa shape index (κ3) is 2.16. The van der Waals surface area contributed by atoms with Crippen LogP contribution >= 0.6 is 11.6 Å². The lowest BCUT2D eigenvalue weighted by atomic mass is 10.3. The zero-order valence-corrected chi connectivity index (χ0v) is 10.5. The van der Waals surface area contributed by atoms with Gasteiger partial charge in [-0.1, -0.05) is 11.6 Å². The predicted molar refractivity (Wildman–Crippen MR) is 67.9 cm³/mol. The van der Waals surface area contributed by atoms with Crippen LogP contribution in [-0.4, -0.2) is 35.9 Å². The van der Waals surface area contributed by atoms with Crippen molar-refractivity contribution in [2.24, 2.45) is 0 Å². The molecule has 0 bridgehead atoms. The van der Waals surface area contributed by atoms with E-state index in [1.54, 1.807) is 18.2 Å². The summed E-state index contributed by atoms with van der Waals surface area (Å²) < 4.78 is 12.2. The van der Waals surface area contributed by atoms with Gasteiger partial charge in [-0.2, -0.15) is 4.74 Å². The summed E-state index contributed by atoms with van der Waals surface area (Å²) in [7, 11) is 0. The van der Waals surface area contributed by atoms with E-state index in [4.69, 9.17) is 20.9 Å². The number of fused-ring (bicyclic) bond motifs is 1. The second kappa shape index (κ2) is 4.76. The summed E-state index contributed by atoms with van der Waals surface area (Å²) in [5, 5.41) is 1.06. The fraction of sp³-hybridized carbons (Fsp3) is 0.417. The van der Waals surface area contributed by atoms with Gasteiger partial charge in [-0.25, -0.2) is 0 Å². The molecule has 0 spiro atoms. The van der Waals surface area contributed by atoms with Crippen molar-refractivity contribution in [2.45, 2.75) is 6.67 Å². The van der Waals surface area contributed by atoms with Crippen LogP contribution in [0.15, 0.2) is 27.5 Å². The fourth-order valence-electron chi connectivity index (χ4n) is 2.06. The largest absolute Gasteiger partial charge is 0.379 e. The minimum absolute atomic E-state index is 0.140. The third-order valence-corrected chi connectivity index (χ3v) is 3.27. The molecule has 1 aliphatic heterocycles. The smallest absolute Gasteiger partial charge is 0.291 e. The number of hydrogen-bond donors (Lipinski definition) is 0. The summed E-state index contributed by atoms with van der Waals surface area (Å²) in [4.78, 5) is 14.2. The number of aromatic nitrogens is 1. The van der Waals surface area contributed by atoms with Gasteiger partial charge >= 0.3 is 0 Å². The van der Waals surface area contributed by atoms with Crippen molar-refractivity contribution < 1.29 is 9.26 Å². The minimum atomic E-state index is -0.140. The van der Waals surface area contributed by atoms with Gasteiger partial charge in [0.1, 0.15) is 6.67 Å². The van der Waals surface area contributed by atoms with E-state index in [9.17, 15) is 4.79 Å². The van der Waals surface area contributed by atoms with Gasteiger partial charge in [0.15, 0.2) is 5.58 Å². The molecule has 18 heavy (non-hydrogen) atoms. The Morgan fingerprint density at radius 3 is 2.83 bits per heavy atom. The normalized spacial score (nSPS) is 17.4. The number of benzene rings is 1. The molecule has 3 rings (SSSR count). The molecule has 0 saturated carbocycles. The first kappa shape index (κ1) is 11.8. The first-order chi connectivity index (χ1) is 8.74. The van der Waals surface area contributed by atoms with Crippen molar-refractivity contribution in [3.63, 3.8) is 0 Å². The van der Waals surface area contributed by atoms with E-state index in [1.165, 1.54) is 4.74 Å². The molecule has 0 unspecified atom stereocenters. The maximum absolute atomic E-state index is 12.1. The van der Waals surface area contributed by atoms with Crippen LogP contribution in [0.25, 0.3) is 11.0 Å². The summed E-state index contributed by atoms with van der Waals surface area (Å²) >= 11 is 5.88. The molecular weight excluding hydrogens is 256 g/mol.